The average Bonchev–Trinajstić information content (AvgIpc) is 1.59. The molecule has 2 aliphatic heterocycles. The molecule has 2 saturated heterocycles. The van der Waals surface area contributed by atoms with E-state index in [4.69, 9.17) is 38.9 Å². The fraction of sp³-hybridized carbons (Fsp3) is 0.658. The maximum absolute atomic E-state index is 13.2. The van der Waals surface area contributed by atoms with Crippen molar-refractivity contribution in [1.29, 1.82) is 0 Å². The number of carbonyl (C=O) groups excluding carboxylic acids is 7. The normalized spacial score (nSPS) is 27.6. The third-order valence-corrected chi connectivity index (χ3v) is 19.3. The average molecular weight is 1410 g/mol. The molecule has 21 heteroatoms. The van der Waals surface area contributed by atoms with Gasteiger partial charge in [0.05, 0.1) is 37.5 Å². The van der Waals surface area contributed by atoms with E-state index in [0.717, 1.165) is 43.2 Å². The van der Waals surface area contributed by atoms with E-state index in [1.165, 1.54) is 21.5 Å². The molecule has 556 valence electrons. The highest BCUT2D eigenvalue weighted by Crippen LogP contribution is 2.50. The molecule has 5 N–H and O–H groups in total. The predicted octanol–water partition coefficient (Wildman–Crippen LogP) is 13.0. The van der Waals surface area contributed by atoms with Crippen molar-refractivity contribution in [2.45, 2.75) is 283 Å². The molecule has 0 spiro atoms. The van der Waals surface area contributed by atoms with Gasteiger partial charge in [-0.1, -0.05) is 138 Å². The molecule has 4 aromatic carbocycles. The minimum absolute atomic E-state index is 0. The molecule has 6 aliphatic rings. The van der Waals surface area contributed by atoms with Crippen LogP contribution in [0.3, 0.4) is 0 Å². The van der Waals surface area contributed by atoms with Gasteiger partial charge < -0.3 is 54.8 Å². The van der Waals surface area contributed by atoms with Crippen LogP contribution >= 0.6 is 12.4 Å². The molecular weight excluding hydrogens is 1290 g/mol. The lowest BCUT2D eigenvalue weighted by atomic mass is 10.1. The van der Waals surface area contributed by atoms with Crippen molar-refractivity contribution in [3.8, 4) is 0 Å². The SMILES string of the molecule is CC[C@@H]1C[C@]1(NC(=O)OC(C)(C)C)C(=O)OC(C)(C)C.CC[C@H]1C[C@]1(N)C(=O)OC(C)(C)C.CC[C@H]1C[C@]1(NC(=O)C1C[C@@H](OCc2cccc3ccccc23)CN1C)C(=O)OC(C)(C)C.CC[C@H]1C[C@]1(NC(=O)[C@@H]1C[C@@H](OCc2cccc3ccccc23)CN1C)C(=O)OC(C)(C)C.Cl. The number of nitrogens with zero attached hydrogens (tertiary/aromatic N) is 2. The third-order valence-electron chi connectivity index (χ3n) is 19.3. The summed E-state index contributed by atoms with van der Waals surface area (Å²) < 4.78 is 39.6. The van der Waals surface area contributed by atoms with Gasteiger partial charge in [-0.25, -0.2) is 19.2 Å². The van der Waals surface area contributed by atoms with Crippen LogP contribution in [0.25, 0.3) is 21.5 Å². The summed E-state index contributed by atoms with van der Waals surface area (Å²) in [6.45, 7) is 38.0. The highest BCUT2D eigenvalue weighted by molar-refractivity contribution is 5.95. The number of hydrogen-bond acceptors (Lipinski definition) is 17. The second-order valence-corrected chi connectivity index (χ2v) is 33.3. The van der Waals surface area contributed by atoms with Crippen molar-refractivity contribution >= 4 is 75.7 Å². The Hall–Kier alpha value is -6.42. The molecule has 1 unspecified atom stereocenters. The zero-order valence-corrected chi connectivity index (χ0v) is 64.5. The molecule has 20 nitrogen and oxygen atoms in total. The van der Waals surface area contributed by atoms with E-state index < -0.39 is 56.3 Å². The summed E-state index contributed by atoms with van der Waals surface area (Å²) in [5.74, 6) is -0.796. The first-order valence-electron chi connectivity index (χ1n) is 35.9. The molecule has 6 fully saturated rings. The van der Waals surface area contributed by atoms with E-state index in [9.17, 15) is 33.6 Å². The van der Waals surface area contributed by atoms with Crippen LogP contribution in [0.4, 0.5) is 4.79 Å². The number of esters is 4. The fourth-order valence-corrected chi connectivity index (χ4v) is 13.5. The van der Waals surface area contributed by atoms with Crippen molar-refractivity contribution in [2.24, 2.45) is 29.4 Å². The van der Waals surface area contributed by atoms with Gasteiger partial charge in [0.25, 0.3) is 0 Å². The van der Waals surface area contributed by atoms with Gasteiger partial charge in [-0.15, -0.1) is 12.4 Å². The second kappa shape index (κ2) is 32.5. The molecule has 0 radical (unpaired) electrons. The van der Waals surface area contributed by atoms with Gasteiger partial charge in [0, 0.05) is 13.1 Å². The smallest absolute Gasteiger partial charge is 0.408 e. The molecule has 4 aromatic rings. The van der Waals surface area contributed by atoms with E-state index in [2.05, 4.69) is 64.5 Å². The van der Waals surface area contributed by atoms with Gasteiger partial charge in [0.1, 0.15) is 50.2 Å². The highest BCUT2D eigenvalue weighted by Gasteiger charge is 2.65. The van der Waals surface area contributed by atoms with E-state index in [1.54, 1.807) is 20.8 Å². The van der Waals surface area contributed by atoms with Crippen LogP contribution in [0.15, 0.2) is 84.9 Å². The van der Waals surface area contributed by atoms with Gasteiger partial charge in [-0.05, 0) is 213 Å². The number of benzene rings is 4. The maximum atomic E-state index is 13.2. The van der Waals surface area contributed by atoms with Crippen LogP contribution in [-0.4, -0.2) is 153 Å². The lowest BCUT2D eigenvalue weighted by Crippen LogP contribution is -2.52. The maximum Gasteiger partial charge on any atom is 0.408 e. The number of likely N-dealkylation sites (N-methyl/N-ethyl adjacent to an activating group) is 2. The summed E-state index contributed by atoms with van der Waals surface area (Å²) in [7, 11) is 3.88. The third kappa shape index (κ3) is 21.8. The molecule has 12 atom stereocenters. The number of amides is 3. The van der Waals surface area contributed by atoms with E-state index in [0.29, 0.717) is 64.3 Å². The molecule has 3 amide bonds. The van der Waals surface area contributed by atoms with Crippen LogP contribution in [-0.2, 0) is 75.1 Å². The van der Waals surface area contributed by atoms with Crippen molar-refractivity contribution in [3.63, 3.8) is 0 Å². The summed E-state index contributed by atoms with van der Waals surface area (Å²) >= 11 is 0. The van der Waals surface area contributed by atoms with Gasteiger partial charge in [-0.2, -0.15) is 0 Å². The first kappa shape index (κ1) is 82.5. The van der Waals surface area contributed by atoms with Crippen molar-refractivity contribution < 1.29 is 66.7 Å². The first-order chi connectivity index (χ1) is 45.9. The van der Waals surface area contributed by atoms with E-state index in [1.807, 2.05) is 171 Å². The molecule has 0 aromatic heterocycles. The number of nitrogens with one attached hydrogen (secondary N) is 3. The summed E-state index contributed by atoms with van der Waals surface area (Å²) in [6, 6.07) is 28.4. The monoisotopic (exact) mass is 1410 g/mol. The van der Waals surface area contributed by atoms with E-state index in [-0.39, 0.29) is 90.1 Å². The minimum Gasteiger partial charge on any atom is -0.459 e. The topological polar surface area (TPSA) is 253 Å². The lowest BCUT2D eigenvalue weighted by Gasteiger charge is -2.27. The highest BCUT2D eigenvalue weighted by atomic mass is 35.5. The molecule has 4 saturated carbocycles. The van der Waals surface area contributed by atoms with E-state index >= 15 is 0 Å². The van der Waals surface area contributed by atoms with Crippen molar-refractivity contribution in [1.82, 2.24) is 25.8 Å². The van der Waals surface area contributed by atoms with Crippen LogP contribution in [0.1, 0.15) is 207 Å². The van der Waals surface area contributed by atoms with Gasteiger partial charge in [0.15, 0.2) is 0 Å². The quantitative estimate of drug-likeness (QED) is 0.0503. The van der Waals surface area contributed by atoms with Crippen molar-refractivity contribution in [2.75, 3.05) is 27.2 Å². The van der Waals surface area contributed by atoms with Crippen LogP contribution in [0, 0.1) is 23.7 Å². The Bertz CT molecular complexity index is 3340. The summed E-state index contributed by atoms with van der Waals surface area (Å²) in [5.41, 5.74) is 2.06. The molecular formula is C79H119ClN6O14. The molecule has 2 heterocycles. The second-order valence-electron chi connectivity index (χ2n) is 33.3. The standard InChI is InChI=1S/2C27H36N2O4.C15H27NO4.C10H19NO2.ClH/c2*1-6-20-15-27(20,25(31)33-26(2,3)4)28-24(30)23-14-21(16-29(23)5)32-17-19-12-9-11-18-10-7-8-13-22(18)19;1-8-10-9-15(10,11(17)19-13(2,3)4)16-12(18)20-14(5,6)7;1-5-7-6-10(7,11)8(12)13-9(2,3)4;/h2*7-13,20-21,23H,6,14-17H2,1-5H3,(H,28,30);10H,8-9H2,1-7H3,(H,16,18);7H,5-6,11H2,1-4H3;1H/t20-,21+,23?,27+;20-,21+,23-,27+;10-,15-;7-,10+;/m0010./s1. The molecule has 0 bridgehead atoms. The summed E-state index contributed by atoms with van der Waals surface area (Å²) in [6.07, 6.45) is 6.66. The Balaban J connectivity index is 0.000000221. The number of fused-ring (bicyclic) bond motifs is 2. The number of halogens is 1. The minimum atomic E-state index is -0.912. The van der Waals surface area contributed by atoms with Crippen LogP contribution in [0.2, 0.25) is 0 Å². The Labute approximate surface area is 601 Å². The number of nitrogens with two attached hydrogens (primary N) is 1. The van der Waals surface area contributed by atoms with Crippen LogP contribution < -0.4 is 21.7 Å². The zero-order valence-electron chi connectivity index (χ0n) is 63.7. The molecule has 10 rings (SSSR count). The number of alkyl carbamates (subject to hydrolysis) is 1. The largest absolute Gasteiger partial charge is 0.459 e. The lowest BCUT2D eigenvalue weighted by molar-refractivity contribution is -0.161. The number of carbonyl (C=O) groups is 7. The number of ether oxygens (including phenoxy) is 7. The Morgan fingerprint density at radius 3 is 1.05 bits per heavy atom. The molecule has 100 heavy (non-hydrogen) atoms. The number of rotatable bonds is 19. The Kier molecular flexibility index (Phi) is 26.8. The zero-order chi connectivity index (χ0) is 73.6. The fourth-order valence-electron chi connectivity index (χ4n) is 13.5. The van der Waals surface area contributed by atoms with Crippen molar-refractivity contribution in [3.05, 3.63) is 96.1 Å². The Morgan fingerprint density at radius 2 is 0.740 bits per heavy atom. The van der Waals surface area contributed by atoms with Crippen LogP contribution in [0.5, 0.6) is 0 Å². The predicted molar refractivity (Wildman–Crippen MR) is 392 cm³/mol. The van der Waals surface area contributed by atoms with Gasteiger partial charge in [-0.3, -0.25) is 24.2 Å². The van der Waals surface area contributed by atoms with Gasteiger partial charge >= 0.3 is 30.0 Å². The number of hydrogen-bond donors (Lipinski definition) is 4. The first-order valence-corrected chi connectivity index (χ1v) is 35.9. The summed E-state index contributed by atoms with van der Waals surface area (Å²) in [5, 5.41) is 13.6. The summed E-state index contributed by atoms with van der Waals surface area (Å²) in [4.78, 5) is 92.1. The Morgan fingerprint density at radius 1 is 0.430 bits per heavy atom. The van der Waals surface area contributed by atoms with Gasteiger partial charge in [0.2, 0.25) is 11.8 Å². The number of likely N-dealkylation sites (tertiary alicyclic amines) is 2. The molecule has 4 aliphatic carbocycles.